The standard InChI is InChI=1S/C24H20N2O4/c1-13-9-15(3-7-20(13)25)11-16-4-8-21(14(2)10-16)26-22(27)17-5-6-18-19(12-17)24(29)30-23(18)28/h3-10,12H,11,25H2,1-2H3,(H,26,27). The lowest BCUT2D eigenvalue weighted by Crippen LogP contribution is -2.13. The number of nitrogens with two attached hydrogens (primary N) is 1. The van der Waals surface area contributed by atoms with Crippen molar-refractivity contribution in [2.24, 2.45) is 0 Å². The number of cyclic esters (lactones) is 2. The second kappa shape index (κ2) is 7.48. The van der Waals surface area contributed by atoms with Gasteiger partial charge in [0.15, 0.2) is 0 Å². The van der Waals surface area contributed by atoms with Gasteiger partial charge in [0.25, 0.3) is 5.91 Å². The number of ether oxygens (including phenoxy) is 1. The van der Waals surface area contributed by atoms with E-state index in [0.29, 0.717) is 5.69 Å². The average molecular weight is 400 g/mol. The first-order valence-electron chi connectivity index (χ1n) is 9.48. The molecule has 30 heavy (non-hydrogen) atoms. The summed E-state index contributed by atoms with van der Waals surface area (Å²) in [5, 5.41) is 2.86. The van der Waals surface area contributed by atoms with Crippen molar-refractivity contribution in [2.45, 2.75) is 20.3 Å². The molecule has 0 saturated carbocycles. The van der Waals surface area contributed by atoms with Crippen LogP contribution in [-0.4, -0.2) is 17.8 Å². The summed E-state index contributed by atoms with van der Waals surface area (Å²) in [6.45, 7) is 3.91. The normalized spacial score (nSPS) is 12.5. The molecule has 0 unspecified atom stereocenters. The summed E-state index contributed by atoms with van der Waals surface area (Å²) >= 11 is 0. The third-order valence-electron chi connectivity index (χ3n) is 5.19. The second-order valence-corrected chi connectivity index (χ2v) is 7.41. The van der Waals surface area contributed by atoms with Crippen LogP contribution in [0.3, 0.4) is 0 Å². The van der Waals surface area contributed by atoms with Crippen LogP contribution in [0, 0.1) is 13.8 Å². The number of anilines is 2. The van der Waals surface area contributed by atoms with E-state index in [1.54, 1.807) is 0 Å². The summed E-state index contributed by atoms with van der Waals surface area (Å²) in [7, 11) is 0. The topological polar surface area (TPSA) is 98.5 Å². The Labute approximate surface area is 173 Å². The zero-order chi connectivity index (χ0) is 21.4. The number of esters is 2. The van der Waals surface area contributed by atoms with Crippen molar-refractivity contribution in [3.63, 3.8) is 0 Å². The molecule has 3 aromatic carbocycles. The zero-order valence-corrected chi connectivity index (χ0v) is 16.6. The number of aryl methyl sites for hydroxylation is 2. The SMILES string of the molecule is Cc1cc(Cc2ccc(NC(=O)c3ccc4c(c3)C(=O)OC4=O)c(C)c2)ccc1N. The predicted molar refractivity (Wildman–Crippen MR) is 114 cm³/mol. The van der Waals surface area contributed by atoms with Gasteiger partial charge in [-0.3, -0.25) is 4.79 Å². The molecule has 0 aromatic heterocycles. The number of nitrogens with one attached hydrogen (secondary N) is 1. The molecule has 0 atom stereocenters. The Morgan fingerprint density at radius 3 is 2.23 bits per heavy atom. The van der Waals surface area contributed by atoms with Crippen LogP contribution in [0.5, 0.6) is 0 Å². The van der Waals surface area contributed by atoms with Gasteiger partial charge < -0.3 is 15.8 Å². The van der Waals surface area contributed by atoms with Crippen LogP contribution in [0.2, 0.25) is 0 Å². The molecule has 6 heteroatoms. The van der Waals surface area contributed by atoms with Gasteiger partial charge in [-0.1, -0.05) is 24.3 Å². The highest BCUT2D eigenvalue weighted by molar-refractivity contribution is 6.16. The van der Waals surface area contributed by atoms with Gasteiger partial charge in [-0.05, 0) is 72.9 Å². The fourth-order valence-electron chi connectivity index (χ4n) is 3.48. The monoisotopic (exact) mass is 400 g/mol. The van der Waals surface area contributed by atoms with Crippen LogP contribution >= 0.6 is 0 Å². The maximum atomic E-state index is 12.6. The lowest BCUT2D eigenvalue weighted by atomic mass is 10.00. The van der Waals surface area contributed by atoms with E-state index in [9.17, 15) is 14.4 Å². The molecule has 4 rings (SSSR count). The minimum atomic E-state index is -0.733. The van der Waals surface area contributed by atoms with Crippen LogP contribution < -0.4 is 11.1 Å². The number of benzene rings is 3. The number of rotatable bonds is 4. The van der Waals surface area contributed by atoms with Gasteiger partial charge in [0.2, 0.25) is 0 Å². The molecule has 0 aliphatic carbocycles. The molecule has 1 aliphatic rings. The van der Waals surface area contributed by atoms with E-state index in [1.165, 1.54) is 18.2 Å². The van der Waals surface area contributed by atoms with E-state index in [-0.39, 0.29) is 22.6 Å². The summed E-state index contributed by atoms with van der Waals surface area (Å²) in [5.41, 5.74) is 12.2. The Hall–Kier alpha value is -3.93. The maximum absolute atomic E-state index is 12.6. The second-order valence-electron chi connectivity index (χ2n) is 7.41. The Balaban J connectivity index is 1.50. The lowest BCUT2D eigenvalue weighted by Gasteiger charge is -2.11. The number of hydrogen-bond donors (Lipinski definition) is 2. The van der Waals surface area contributed by atoms with Gasteiger partial charge in [-0.15, -0.1) is 0 Å². The molecule has 0 spiro atoms. The van der Waals surface area contributed by atoms with Crippen LogP contribution in [-0.2, 0) is 11.2 Å². The molecule has 1 heterocycles. The van der Waals surface area contributed by atoms with Crippen molar-refractivity contribution in [1.29, 1.82) is 0 Å². The quantitative estimate of drug-likeness (QED) is 0.391. The van der Waals surface area contributed by atoms with Crippen LogP contribution in [0.25, 0.3) is 0 Å². The molecule has 3 N–H and O–H groups in total. The largest absolute Gasteiger partial charge is 0.399 e. The molecule has 0 bridgehead atoms. The maximum Gasteiger partial charge on any atom is 0.346 e. The number of hydrogen-bond acceptors (Lipinski definition) is 5. The highest BCUT2D eigenvalue weighted by Gasteiger charge is 2.30. The molecular weight excluding hydrogens is 380 g/mol. The van der Waals surface area contributed by atoms with Gasteiger partial charge in [-0.25, -0.2) is 9.59 Å². The van der Waals surface area contributed by atoms with E-state index in [4.69, 9.17) is 5.73 Å². The van der Waals surface area contributed by atoms with Crippen molar-refractivity contribution >= 4 is 29.2 Å². The van der Waals surface area contributed by atoms with Gasteiger partial charge in [0.1, 0.15) is 0 Å². The van der Waals surface area contributed by atoms with Gasteiger partial charge >= 0.3 is 11.9 Å². The molecule has 1 aliphatic heterocycles. The summed E-state index contributed by atoms with van der Waals surface area (Å²) in [5.74, 6) is -1.79. The summed E-state index contributed by atoms with van der Waals surface area (Å²) in [6, 6.07) is 16.2. The van der Waals surface area contributed by atoms with E-state index < -0.39 is 11.9 Å². The van der Waals surface area contributed by atoms with E-state index in [1.807, 2.05) is 44.2 Å². The van der Waals surface area contributed by atoms with Crippen LogP contribution in [0.15, 0.2) is 54.6 Å². The third-order valence-corrected chi connectivity index (χ3v) is 5.19. The smallest absolute Gasteiger partial charge is 0.346 e. The molecule has 0 fully saturated rings. The Morgan fingerprint density at radius 1 is 0.867 bits per heavy atom. The summed E-state index contributed by atoms with van der Waals surface area (Å²) in [4.78, 5) is 35.9. The predicted octanol–water partition coefficient (Wildman–Crippen LogP) is 4.04. The van der Waals surface area contributed by atoms with Crippen molar-refractivity contribution < 1.29 is 19.1 Å². The number of carbonyl (C=O) groups is 3. The first kappa shape index (κ1) is 19.4. The molecule has 3 aromatic rings. The highest BCUT2D eigenvalue weighted by atomic mass is 16.6. The van der Waals surface area contributed by atoms with E-state index >= 15 is 0 Å². The number of amides is 1. The number of carbonyl (C=O) groups excluding carboxylic acids is 3. The van der Waals surface area contributed by atoms with Crippen molar-refractivity contribution in [1.82, 2.24) is 0 Å². The minimum Gasteiger partial charge on any atom is -0.399 e. The molecule has 0 radical (unpaired) electrons. The Bertz CT molecular complexity index is 1210. The van der Waals surface area contributed by atoms with Gasteiger partial charge in [-0.2, -0.15) is 0 Å². The minimum absolute atomic E-state index is 0.110. The molecule has 1 amide bonds. The summed E-state index contributed by atoms with van der Waals surface area (Å²) < 4.78 is 4.56. The first-order valence-corrected chi connectivity index (χ1v) is 9.48. The zero-order valence-electron chi connectivity index (χ0n) is 16.6. The number of nitrogen functional groups attached to an aromatic ring is 1. The van der Waals surface area contributed by atoms with Gasteiger partial charge in [0.05, 0.1) is 11.1 Å². The van der Waals surface area contributed by atoms with Crippen molar-refractivity contribution in [3.8, 4) is 0 Å². The molecule has 6 nitrogen and oxygen atoms in total. The third kappa shape index (κ3) is 3.67. The highest BCUT2D eigenvalue weighted by Crippen LogP contribution is 2.24. The fraction of sp³-hybridized carbons (Fsp3) is 0.125. The van der Waals surface area contributed by atoms with Gasteiger partial charge in [0, 0.05) is 16.9 Å². The van der Waals surface area contributed by atoms with E-state index in [0.717, 1.165) is 34.4 Å². The molecule has 0 saturated heterocycles. The fourth-order valence-corrected chi connectivity index (χ4v) is 3.48. The molecule has 150 valence electrons. The van der Waals surface area contributed by atoms with Crippen LogP contribution in [0.1, 0.15) is 53.3 Å². The Morgan fingerprint density at radius 2 is 1.53 bits per heavy atom. The first-order chi connectivity index (χ1) is 14.3. The average Bonchev–Trinajstić information content (AvgIpc) is 3.00. The van der Waals surface area contributed by atoms with Crippen molar-refractivity contribution in [3.05, 3.63) is 93.5 Å². The van der Waals surface area contributed by atoms with E-state index in [2.05, 4.69) is 16.1 Å². The van der Waals surface area contributed by atoms with Crippen molar-refractivity contribution in [2.75, 3.05) is 11.1 Å². The number of fused-ring (bicyclic) bond motifs is 1. The lowest BCUT2D eigenvalue weighted by molar-refractivity contribution is 0.0443. The summed E-state index contributed by atoms with van der Waals surface area (Å²) in [6.07, 6.45) is 0.761. The van der Waals surface area contributed by atoms with Crippen LogP contribution in [0.4, 0.5) is 11.4 Å². The Kier molecular flexibility index (Phi) is 4.83. The molecular formula is C24H20N2O4.